The van der Waals surface area contributed by atoms with E-state index >= 15 is 0 Å². The van der Waals surface area contributed by atoms with Crippen molar-refractivity contribution >= 4 is 22.9 Å². The number of nitrogens with one attached hydrogen (secondary N) is 1. The van der Waals surface area contributed by atoms with Crippen LogP contribution in [-0.2, 0) is 16.0 Å². The Hall–Kier alpha value is -1.66. The molecule has 6 heteroatoms. The van der Waals surface area contributed by atoms with Crippen LogP contribution >= 0.6 is 11.3 Å². The number of nitrogens with zero attached hydrogens (tertiary/aromatic N) is 2. The van der Waals surface area contributed by atoms with Crippen LogP contribution < -0.4 is 5.32 Å². The number of ether oxygens (including phenoxy) is 1. The average molecular weight is 277 g/mol. The lowest BCUT2D eigenvalue weighted by Crippen LogP contribution is -2.13. The normalized spacial score (nSPS) is 18.6. The molecule has 0 spiro atoms. The van der Waals surface area contributed by atoms with Gasteiger partial charge in [0.05, 0.1) is 31.0 Å². The van der Waals surface area contributed by atoms with Crippen LogP contribution in [-0.4, -0.2) is 28.9 Å². The van der Waals surface area contributed by atoms with Crippen molar-refractivity contribution < 1.29 is 9.53 Å². The minimum Gasteiger partial charge on any atom is -0.379 e. The van der Waals surface area contributed by atoms with Crippen molar-refractivity contribution in [2.45, 2.75) is 18.9 Å². The summed E-state index contributed by atoms with van der Waals surface area (Å²) in [7, 11) is 0. The van der Waals surface area contributed by atoms with Gasteiger partial charge in [0, 0.05) is 17.7 Å². The van der Waals surface area contributed by atoms with Gasteiger partial charge in [0.15, 0.2) is 0 Å². The van der Waals surface area contributed by atoms with E-state index in [0.717, 1.165) is 23.6 Å². The van der Waals surface area contributed by atoms with Crippen molar-refractivity contribution in [2.75, 3.05) is 18.5 Å². The molecular formula is C13H15N3O2S. The van der Waals surface area contributed by atoms with Gasteiger partial charge in [-0.15, -0.1) is 11.3 Å². The summed E-state index contributed by atoms with van der Waals surface area (Å²) in [5, 5.41) is 9.11. The minimum atomic E-state index is -0.00956. The van der Waals surface area contributed by atoms with Gasteiger partial charge in [-0.05, 0) is 17.9 Å². The lowest BCUT2D eigenvalue weighted by molar-refractivity contribution is -0.115. The molecule has 0 aliphatic carbocycles. The molecule has 0 saturated carbocycles. The van der Waals surface area contributed by atoms with Crippen molar-refractivity contribution in [1.82, 2.24) is 9.78 Å². The molecule has 1 saturated heterocycles. The number of aromatic nitrogens is 2. The maximum absolute atomic E-state index is 11.8. The number of carbonyl (C=O) groups excluding carboxylic acids is 1. The van der Waals surface area contributed by atoms with Crippen molar-refractivity contribution in [1.29, 1.82) is 0 Å². The Bertz CT molecular complexity index is 544. The summed E-state index contributed by atoms with van der Waals surface area (Å²) in [4.78, 5) is 12.9. The van der Waals surface area contributed by atoms with Crippen LogP contribution in [0.15, 0.2) is 29.9 Å². The van der Waals surface area contributed by atoms with Crippen molar-refractivity contribution in [2.24, 2.45) is 0 Å². The first-order chi connectivity index (χ1) is 9.31. The molecule has 3 rings (SSSR count). The average Bonchev–Trinajstić information content (AvgIpc) is 3.09. The molecule has 1 aliphatic heterocycles. The Morgan fingerprint density at radius 2 is 2.58 bits per heavy atom. The van der Waals surface area contributed by atoms with E-state index in [2.05, 4.69) is 10.4 Å². The van der Waals surface area contributed by atoms with E-state index < -0.39 is 0 Å². The molecule has 1 atom stereocenters. The fourth-order valence-electron chi connectivity index (χ4n) is 2.11. The number of thiophene rings is 1. The molecular weight excluding hydrogens is 262 g/mol. The van der Waals surface area contributed by atoms with E-state index in [1.54, 1.807) is 17.5 Å². The number of carbonyl (C=O) groups is 1. The summed E-state index contributed by atoms with van der Waals surface area (Å²) < 4.78 is 7.19. The number of rotatable bonds is 4. The fourth-order valence-corrected chi connectivity index (χ4v) is 2.81. The number of hydrogen-bond donors (Lipinski definition) is 1. The maximum atomic E-state index is 11.8. The quantitative estimate of drug-likeness (QED) is 0.931. The molecule has 100 valence electrons. The second-order valence-electron chi connectivity index (χ2n) is 4.53. The van der Waals surface area contributed by atoms with Gasteiger partial charge in [0.2, 0.25) is 5.91 Å². The van der Waals surface area contributed by atoms with Gasteiger partial charge in [0.1, 0.15) is 0 Å². The second kappa shape index (κ2) is 5.54. The molecule has 1 aliphatic rings. The van der Waals surface area contributed by atoms with E-state index in [1.807, 2.05) is 28.4 Å². The van der Waals surface area contributed by atoms with Crippen LogP contribution in [0.1, 0.15) is 17.3 Å². The van der Waals surface area contributed by atoms with E-state index in [-0.39, 0.29) is 5.91 Å². The van der Waals surface area contributed by atoms with E-state index in [1.165, 1.54) is 0 Å². The van der Waals surface area contributed by atoms with Gasteiger partial charge in [-0.2, -0.15) is 5.10 Å². The Morgan fingerprint density at radius 3 is 3.32 bits per heavy atom. The molecule has 19 heavy (non-hydrogen) atoms. The van der Waals surface area contributed by atoms with Crippen LogP contribution in [0.4, 0.5) is 5.69 Å². The summed E-state index contributed by atoms with van der Waals surface area (Å²) in [5.74, 6) is -0.00956. The minimum absolute atomic E-state index is 0.00956. The SMILES string of the molecule is O=C(Cc1cccs1)Nc1cnn([C@@H]2CCOC2)c1. The highest BCUT2D eigenvalue weighted by atomic mass is 32.1. The summed E-state index contributed by atoms with van der Waals surface area (Å²) in [5.41, 5.74) is 0.744. The van der Waals surface area contributed by atoms with Gasteiger partial charge < -0.3 is 10.1 Å². The van der Waals surface area contributed by atoms with Gasteiger partial charge >= 0.3 is 0 Å². The third-order valence-electron chi connectivity index (χ3n) is 3.08. The molecule has 0 aromatic carbocycles. The lowest BCUT2D eigenvalue weighted by atomic mass is 10.3. The predicted molar refractivity (Wildman–Crippen MR) is 73.4 cm³/mol. The lowest BCUT2D eigenvalue weighted by Gasteiger charge is -2.06. The molecule has 1 fully saturated rings. The molecule has 2 aromatic rings. The third kappa shape index (κ3) is 3.02. The zero-order chi connectivity index (χ0) is 13.1. The smallest absolute Gasteiger partial charge is 0.229 e. The van der Waals surface area contributed by atoms with Gasteiger partial charge in [-0.3, -0.25) is 9.48 Å². The largest absolute Gasteiger partial charge is 0.379 e. The first kappa shape index (κ1) is 12.4. The predicted octanol–water partition coefficient (Wildman–Crippen LogP) is 2.09. The van der Waals surface area contributed by atoms with E-state index in [0.29, 0.717) is 19.1 Å². The summed E-state index contributed by atoms with van der Waals surface area (Å²) in [6, 6.07) is 4.21. The second-order valence-corrected chi connectivity index (χ2v) is 5.56. The molecule has 5 nitrogen and oxygen atoms in total. The van der Waals surface area contributed by atoms with E-state index in [9.17, 15) is 4.79 Å². The molecule has 1 amide bonds. The number of amides is 1. The Labute approximate surface area is 115 Å². The zero-order valence-electron chi connectivity index (χ0n) is 10.4. The highest BCUT2D eigenvalue weighted by molar-refractivity contribution is 7.10. The standard InChI is InChI=1S/C13H15N3O2S/c17-13(6-12-2-1-5-19-12)15-10-7-14-16(8-10)11-3-4-18-9-11/h1-2,5,7-8,11H,3-4,6,9H2,(H,15,17)/t11-/m1/s1. The van der Waals surface area contributed by atoms with Crippen LogP contribution in [0.2, 0.25) is 0 Å². The number of anilines is 1. The highest BCUT2D eigenvalue weighted by Gasteiger charge is 2.18. The van der Waals surface area contributed by atoms with Crippen LogP contribution in [0.3, 0.4) is 0 Å². The first-order valence-corrected chi connectivity index (χ1v) is 7.13. The summed E-state index contributed by atoms with van der Waals surface area (Å²) in [6.07, 6.45) is 4.94. The number of hydrogen-bond acceptors (Lipinski definition) is 4. The maximum Gasteiger partial charge on any atom is 0.229 e. The fraction of sp³-hybridized carbons (Fsp3) is 0.385. The summed E-state index contributed by atoms with van der Waals surface area (Å²) >= 11 is 1.59. The molecule has 0 radical (unpaired) electrons. The molecule has 1 N–H and O–H groups in total. The van der Waals surface area contributed by atoms with Crippen LogP contribution in [0.5, 0.6) is 0 Å². The zero-order valence-corrected chi connectivity index (χ0v) is 11.2. The third-order valence-corrected chi connectivity index (χ3v) is 3.96. The van der Waals surface area contributed by atoms with Crippen LogP contribution in [0, 0.1) is 0 Å². The van der Waals surface area contributed by atoms with Crippen molar-refractivity contribution in [3.8, 4) is 0 Å². The van der Waals surface area contributed by atoms with Crippen LogP contribution in [0.25, 0.3) is 0 Å². The molecule has 3 heterocycles. The monoisotopic (exact) mass is 277 g/mol. The topological polar surface area (TPSA) is 56.2 Å². The molecule has 0 bridgehead atoms. The highest BCUT2D eigenvalue weighted by Crippen LogP contribution is 2.19. The van der Waals surface area contributed by atoms with E-state index in [4.69, 9.17) is 4.74 Å². The Morgan fingerprint density at radius 1 is 1.63 bits per heavy atom. The molecule has 0 unspecified atom stereocenters. The van der Waals surface area contributed by atoms with Gasteiger partial charge in [-0.1, -0.05) is 6.07 Å². The van der Waals surface area contributed by atoms with Gasteiger partial charge in [-0.25, -0.2) is 0 Å². The Balaban J connectivity index is 1.59. The summed E-state index contributed by atoms with van der Waals surface area (Å²) in [6.45, 7) is 1.48. The van der Waals surface area contributed by atoms with Crippen molar-refractivity contribution in [3.05, 3.63) is 34.8 Å². The molecule has 2 aromatic heterocycles. The Kier molecular flexibility index (Phi) is 3.61. The first-order valence-electron chi connectivity index (χ1n) is 6.25. The van der Waals surface area contributed by atoms with Gasteiger partial charge in [0.25, 0.3) is 0 Å². The van der Waals surface area contributed by atoms with Crippen molar-refractivity contribution in [3.63, 3.8) is 0 Å².